The zero-order valence-corrected chi connectivity index (χ0v) is 21.7. The van der Waals surface area contributed by atoms with Crippen molar-refractivity contribution in [1.82, 2.24) is 9.30 Å². The first kappa shape index (κ1) is 29.4. The maximum Gasteiger partial charge on any atom is 0.115 e. The fourth-order valence-electron chi connectivity index (χ4n) is 3.53. The lowest BCUT2D eigenvalue weighted by Crippen LogP contribution is -2.11. The summed E-state index contributed by atoms with van der Waals surface area (Å²) in [4.78, 5) is 5.53. The molecule has 0 atom stereocenters. The van der Waals surface area contributed by atoms with Crippen LogP contribution in [0.3, 0.4) is 0 Å². The fourth-order valence-corrected chi connectivity index (χ4v) is 3.53. The molecule has 0 aliphatic carbocycles. The van der Waals surface area contributed by atoms with Gasteiger partial charge in [0, 0.05) is 84.2 Å². The molecule has 2 aromatic rings. The molecule has 0 radical (unpaired) electrons. The highest BCUT2D eigenvalue weighted by molar-refractivity contribution is 4.90. The minimum Gasteiger partial charge on any atom is -0.414 e. The Morgan fingerprint density at radius 3 is 1.14 bits per heavy atom. The molecule has 0 aliphatic rings. The van der Waals surface area contributed by atoms with Crippen LogP contribution < -0.4 is 4.84 Å². The second-order valence-corrected chi connectivity index (χ2v) is 8.78. The van der Waals surface area contributed by atoms with Gasteiger partial charge in [0.15, 0.2) is 0 Å². The third-order valence-electron chi connectivity index (χ3n) is 5.60. The molecule has 0 saturated heterocycles. The van der Waals surface area contributed by atoms with E-state index in [1.807, 2.05) is 24.5 Å². The van der Waals surface area contributed by atoms with Gasteiger partial charge in [-0.25, -0.2) is 0 Å². The molecule has 200 valence electrons. The van der Waals surface area contributed by atoms with E-state index >= 15 is 0 Å². The summed E-state index contributed by atoms with van der Waals surface area (Å²) in [7, 11) is 0. The van der Waals surface area contributed by atoms with E-state index in [1.54, 1.807) is 4.73 Å². The molecule has 0 saturated carbocycles. The van der Waals surface area contributed by atoms with Gasteiger partial charge in [-0.3, -0.25) is 0 Å². The van der Waals surface area contributed by atoms with Gasteiger partial charge in [0.05, 0.1) is 0 Å². The van der Waals surface area contributed by atoms with Gasteiger partial charge in [-0.2, -0.15) is 4.73 Å². The van der Waals surface area contributed by atoms with Crippen LogP contribution in [-0.4, -0.2) is 68.8 Å². The fraction of sp³-hybridized carbons (Fsp3) is 0.714. The van der Waals surface area contributed by atoms with E-state index in [9.17, 15) is 0 Å². The first-order chi connectivity index (χ1) is 17.4. The minimum atomic E-state index is 0.724. The van der Waals surface area contributed by atoms with E-state index in [1.165, 1.54) is 6.42 Å². The van der Waals surface area contributed by atoms with Gasteiger partial charge in [0.1, 0.15) is 6.61 Å². The van der Waals surface area contributed by atoms with Crippen LogP contribution in [0.1, 0.15) is 64.2 Å². The predicted octanol–water partition coefficient (Wildman–Crippen LogP) is 5.39. The van der Waals surface area contributed by atoms with Crippen molar-refractivity contribution in [3.63, 3.8) is 0 Å². The average Bonchev–Trinajstić information content (AvgIpc) is 3.58. The average molecular weight is 493 g/mol. The zero-order chi connectivity index (χ0) is 24.5. The van der Waals surface area contributed by atoms with Gasteiger partial charge in [0.2, 0.25) is 0 Å². The summed E-state index contributed by atoms with van der Waals surface area (Å²) in [6, 6.07) is 8.05. The third kappa shape index (κ3) is 18.2. The van der Waals surface area contributed by atoms with Crippen molar-refractivity contribution >= 4 is 0 Å². The molecule has 0 fully saturated rings. The SMILES string of the molecule is c1ccn(CCCCOCCCCOCCCCOCCCCOCCCCOn2cccc2)c1. The summed E-state index contributed by atoms with van der Waals surface area (Å²) in [5.41, 5.74) is 0. The van der Waals surface area contributed by atoms with Crippen LogP contribution in [0.4, 0.5) is 0 Å². The lowest BCUT2D eigenvalue weighted by atomic mass is 10.3. The molecule has 2 rings (SSSR count). The van der Waals surface area contributed by atoms with Gasteiger partial charge in [-0.15, -0.1) is 0 Å². The van der Waals surface area contributed by atoms with Crippen LogP contribution in [-0.2, 0) is 25.5 Å². The van der Waals surface area contributed by atoms with Gasteiger partial charge in [0.25, 0.3) is 0 Å². The Morgan fingerprint density at radius 2 is 0.714 bits per heavy atom. The van der Waals surface area contributed by atoms with Crippen LogP contribution in [0.5, 0.6) is 0 Å². The lowest BCUT2D eigenvalue weighted by molar-refractivity contribution is 0.0792. The molecule has 0 aliphatic heterocycles. The number of hydrogen-bond acceptors (Lipinski definition) is 5. The Labute approximate surface area is 212 Å². The van der Waals surface area contributed by atoms with Crippen molar-refractivity contribution in [3.8, 4) is 0 Å². The molecule has 2 aromatic heterocycles. The van der Waals surface area contributed by atoms with E-state index in [0.717, 1.165) is 124 Å². The van der Waals surface area contributed by atoms with Crippen molar-refractivity contribution in [2.45, 2.75) is 70.8 Å². The first-order valence-corrected chi connectivity index (χ1v) is 13.6. The molecule has 7 nitrogen and oxygen atoms in total. The molecular formula is C28H48N2O5. The summed E-state index contributed by atoms with van der Waals surface area (Å²) in [6.07, 6.45) is 18.8. The number of ether oxygens (including phenoxy) is 4. The van der Waals surface area contributed by atoms with Crippen molar-refractivity contribution < 1.29 is 23.8 Å². The van der Waals surface area contributed by atoms with E-state index < -0.39 is 0 Å². The Hall–Kier alpha value is -1.80. The van der Waals surface area contributed by atoms with E-state index in [4.69, 9.17) is 23.8 Å². The van der Waals surface area contributed by atoms with Gasteiger partial charge in [-0.05, 0) is 88.5 Å². The minimum absolute atomic E-state index is 0.724. The topological polar surface area (TPSA) is 56.0 Å². The molecule has 35 heavy (non-hydrogen) atoms. The molecule has 0 spiro atoms. The smallest absolute Gasteiger partial charge is 0.115 e. The molecule has 0 N–H and O–H groups in total. The van der Waals surface area contributed by atoms with Crippen LogP contribution in [0.15, 0.2) is 49.1 Å². The van der Waals surface area contributed by atoms with Gasteiger partial charge >= 0.3 is 0 Å². The van der Waals surface area contributed by atoms with Crippen LogP contribution in [0.2, 0.25) is 0 Å². The van der Waals surface area contributed by atoms with Gasteiger partial charge in [-0.1, -0.05) is 0 Å². The van der Waals surface area contributed by atoms with Crippen LogP contribution in [0.25, 0.3) is 0 Å². The number of aromatic nitrogens is 2. The van der Waals surface area contributed by atoms with Crippen LogP contribution in [0, 0.1) is 0 Å². The van der Waals surface area contributed by atoms with Crippen molar-refractivity contribution in [3.05, 3.63) is 49.1 Å². The molecule has 0 bridgehead atoms. The Bertz CT molecular complexity index is 592. The number of nitrogens with zero attached hydrogens (tertiary/aromatic N) is 2. The highest BCUT2D eigenvalue weighted by Crippen LogP contribution is 2.00. The summed E-state index contributed by atoms with van der Waals surface area (Å²) in [5, 5.41) is 0. The third-order valence-corrected chi connectivity index (χ3v) is 5.60. The second kappa shape index (κ2) is 22.7. The zero-order valence-electron chi connectivity index (χ0n) is 21.7. The molecule has 7 heteroatoms. The molecule has 0 unspecified atom stereocenters. The quantitative estimate of drug-likeness (QED) is 0.165. The summed E-state index contributed by atoms with van der Waals surface area (Å²) >= 11 is 0. The molecule has 2 heterocycles. The highest BCUT2D eigenvalue weighted by Gasteiger charge is 1.96. The number of aryl methyl sites for hydroxylation is 1. The van der Waals surface area contributed by atoms with E-state index in [2.05, 4.69) is 29.1 Å². The molecular weight excluding hydrogens is 444 g/mol. The normalized spacial score (nSPS) is 11.3. The molecule has 0 amide bonds. The standard InChI is InChI=1S/C28H48N2O5/c1-2-16-29(15-1)17-5-6-20-31-21-7-8-22-32-23-9-10-24-33-25-11-12-26-34-27-13-14-28-35-30-18-3-4-19-30/h1-4,15-16,18-19H,5-14,17,20-28H2. The highest BCUT2D eigenvalue weighted by atomic mass is 16.7. The van der Waals surface area contributed by atoms with Crippen molar-refractivity contribution in [1.29, 1.82) is 0 Å². The van der Waals surface area contributed by atoms with Crippen LogP contribution >= 0.6 is 0 Å². The summed E-state index contributed by atoms with van der Waals surface area (Å²) in [6.45, 7) is 8.43. The maximum atomic E-state index is 5.71. The Morgan fingerprint density at radius 1 is 0.371 bits per heavy atom. The first-order valence-electron chi connectivity index (χ1n) is 13.6. The maximum absolute atomic E-state index is 5.71. The van der Waals surface area contributed by atoms with Crippen molar-refractivity contribution in [2.24, 2.45) is 0 Å². The number of unbranched alkanes of at least 4 members (excludes halogenated alkanes) is 5. The summed E-state index contributed by atoms with van der Waals surface area (Å²) < 4.78 is 26.7. The van der Waals surface area contributed by atoms with E-state index in [0.29, 0.717) is 0 Å². The second-order valence-electron chi connectivity index (χ2n) is 8.78. The monoisotopic (exact) mass is 492 g/mol. The molecule has 0 aromatic carbocycles. The number of rotatable bonds is 26. The largest absolute Gasteiger partial charge is 0.414 e. The summed E-state index contributed by atoms with van der Waals surface area (Å²) in [5.74, 6) is 0. The Kier molecular flexibility index (Phi) is 19.0. The lowest BCUT2D eigenvalue weighted by Gasteiger charge is -2.08. The predicted molar refractivity (Wildman–Crippen MR) is 140 cm³/mol. The van der Waals surface area contributed by atoms with Crippen molar-refractivity contribution in [2.75, 3.05) is 59.5 Å². The van der Waals surface area contributed by atoms with Gasteiger partial charge < -0.3 is 28.4 Å². The Balaban J connectivity index is 1.15. The van der Waals surface area contributed by atoms with E-state index in [-0.39, 0.29) is 0 Å². The number of hydrogen-bond donors (Lipinski definition) is 0.